The molecule has 3 atom stereocenters. The zero-order chi connectivity index (χ0) is 26.0. The molecule has 2 aliphatic rings. The van der Waals surface area contributed by atoms with Crippen LogP contribution < -0.4 is 10.6 Å². The second-order valence-corrected chi connectivity index (χ2v) is 11.4. The third-order valence-electron chi connectivity index (χ3n) is 8.40. The van der Waals surface area contributed by atoms with Crippen LogP contribution in [0.1, 0.15) is 81.8 Å². The minimum atomic E-state index is -1.03. The molecule has 1 saturated heterocycles. The number of hydrogen-bond acceptors (Lipinski definition) is 4. The van der Waals surface area contributed by atoms with E-state index in [1.54, 1.807) is 7.11 Å². The van der Waals surface area contributed by atoms with Crippen molar-refractivity contribution in [1.82, 2.24) is 15.5 Å². The summed E-state index contributed by atoms with van der Waals surface area (Å²) in [5.41, 5.74) is 0.787. The van der Waals surface area contributed by atoms with Crippen LogP contribution in [0.4, 0.5) is 4.79 Å². The molecule has 6 nitrogen and oxygen atoms in total. The third-order valence-corrected chi connectivity index (χ3v) is 8.80. The van der Waals surface area contributed by atoms with Gasteiger partial charge < -0.3 is 25.4 Å². The topological polar surface area (TPSA) is 73.8 Å². The molecule has 1 aromatic carbocycles. The number of nitrogens with one attached hydrogen (secondary N) is 2. The molecule has 3 N–H and O–H groups in total. The number of carbonyl (C=O) groups is 1. The minimum absolute atomic E-state index is 0.000286. The Morgan fingerprint density at radius 2 is 2.00 bits per heavy atom. The summed E-state index contributed by atoms with van der Waals surface area (Å²) in [6.45, 7) is 4.72. The average molecular weight is 522 g/mol. The van der Waals surface area contributed by atoms with E-state index < -0.39 is 5.60 Å². The zero-order valence-corrected chi connectivity index (χ0v) is 23.4. The van der Waals surface area contributed by atoms with E-state index in [0.717, 1.165) is 56.3 Å². The van der Waals surface area contributed by atoms with Gasteiger partial charge in [0.05, 0.1) is 5.60 Å². The van der Waals surface area contributed by atoms with Gasteiger partial charge in [-0.3, -0.25) is 0 Å². The largest absolute Gasteiger partial charge is 0.385 e. The smallest absolute Gasteiger partial charge is 0.317 e. The van der Waals surface area contributed by atoms with Gasteiger partial charge in [0, 0.05) is 50.3 Å². The van der Waals surface area contributed by atoms with Crippen molar-refractivity contribution in [3.8, 4) is 0 Å². The first-order valence-electron chi connectivity index (χ1n) is 14.1. The van der Waals surface area contributed by atoms with Gasteiger partial charge in [0.25, 0.3) is 0 Å². The van der Waals surface area contributed by atoms with Crippen LogP contribution >= 0.6 is 11.6 Å². The van der Waals surface area contributed by atoms with Crippen LogP contribution in [-0.4, -0.2) is 62.5 Å². The highest BCUT2D eigenvalue weighted by atomic mass is 35.5. The molecular formula is C29H48ClN3O3. The first kappa shape index (κ1) is 29.2. The van der Waals surface area contributed by atoms with Gasteiger partial charge in [0.15, 0.2) is 0 Å². The Bertz CT molecular complexity index is 817. The van der Waals surface area contributed by atoms with Gasteiger partial charge in [0.2, 0.25) is 0 Å². The van der Waals surface area contributed by atoms with Crippen molar-refractivity contribution < 1.29 is 14.6 Å². The summed E-state index contributed by atoms with van der Waals surface area (Å²) in [5.74, 6) is 0.660. The Labute approximate surface area is 223 Å². The number of unbranched alkanes of at least 4 members (excludes halogenated alkanes) is 1. The van der Waals surface area contributed by atoms with E-state index in [1.165, 1.54) is 32.1 Å². The number of carbonyl (C=O) groups excluding carboxylic acids is 1. The first-order valence-corrected chi connectivity index (χ1v) is 14.4. The fourth-order valence-corrected chi connectivity index (χ4v) is 6.53. The average Bonchev–Trinajstić information content (AvgIpc) is 2.89. The number of benzene rings is 1. The minimum Gasteiger partial charge on any atom is -0.385 e. The van der Waals surface area contributed by atoms with Crippen molar-refractivity contribution >= 4 is 17.6 Å². The van der Waals surface area contributed by atoms with Crippen molar-refractivity contribution in [3.63, 3.8) is 0 Å². The molecule has 2 amide bonds. The van der Waals surface area contributed by atoms with E-state index in [9.17, 15) is 9.90 Å². The van der Waals surface area contributed by atoms with Crippen LogP contribution in [0.25, 0.3) is 0 Å². The Balaban J connectivity index is 1.72. The van der Waals surface area contributed by atoms with E-state index in [0.29, 0.717) is 30.5 Å². The van der Waals surface area contributed by atoms with E-state index in [1.807, 2.05) is 37.1 Å². The van der Waals surface area contributed by atoms with Gasteiger partial charge in [-0.25, -0.2) is 4.79 Å². The highest BCUT2D eigenvalue weighted by Crippen LogP contribution is 2.42. The van der Waals surface area contributed by atoms with Gasteiger partial charge in [0.1, 0.15) is 0 Å². The monoisotopic (exact) mass is 521 g/mol. The molecule has 1 aromatic rings. The molecule has 1 aliphatic carbocycles. The molecule has 3 rings (SSSR count). The fourth-order valence-electron chi connectivity index (χ4n) is 6.36. The van der Waals surface area contributed by atoms with Gasteiger partial charge in [-0.15, -0.1) is 0 Å². The Hall–Kier alpha value is -1.34. The molecule has 36 heavy (non-hydrogen) atoms. The summed E-state index contributed by atoms with van der Waals surface area (Å²) in [5, 5.41) is 19.5. The van der Waals surface area contributed by atoms with Crippen LogP contribution in [0.5, 0.6) is 0 Å². The Morgan fingerprint density at radius 1 is 1.22 bits per heavy atom. The molecule has 0 spiro atoms. The molecular weight excluding hydrogens is 474 g/mol. The molecule has 1 heterocycles. The number of urea groups is 1. The number of halogens is 1. The van der Waals surface area contributed by atoms with Crippen molar-refractivity contribution in [2.75, 3.05) is 40.4 Å². The Kier molecular flexibility index (Phi) is 11.8. The van der Waals surface area contributed by atoms with Gasteiger partial charge in [-0.2, -0.15) is 0 Å². The van der Waals surface area contributed by atoms with Crippen molar-refractivity contribution in [1.29, 1.82) is 0 Å². The predicted molar refractivity (Wildman–Crippen MR) is 148 cm³/mol. The molecule has 1 aliphatic heterocycles. The number of hydrogen-bond donors (Lipinski definition) is 3. The lowest BCUT2D eigenvalue weighted by Crippen LogP contribution is -2.54. The molecule has 0 bridgehead atoms. The lowest BCUT2D eigenvalue weighted by Gasteiger charge is -2.44. The van der Waals surface area contributed by atoms with Crippen LogP contribution in [0.2, 0.25) is 5.02 Å². The van der Waals surface area contributed by atoms with Gasteiger partial charge >= 0.3 is 6.03 Å². The number of methoxy groups -OCH3 is 1. The zero-order valence-electron chi connectivity index (χ0n) is 22.7. The lowest BCUT2D eigenvalue weighted by atomic mass is 9.73. The summed E-state index contributed by atoms with van der Waals surface area (Å²) in [7, 11) is 3.66. The second kappa shape index (κ2) is 14.6. The summed E-state index contributed by atoms with van der Waals surface area (Å²) >= 11 is 6.48. The number of likely N-dealkylation sites (tertiary alicyclic amines) is 1. The fraction of sp³-hybridized carbons (Fsp3) is 0.759. The molecule has 0 radical (unpaired) electrons. The summed E-state index contributed by atoms with van der Waals surface area (Å²) in [6, 6.07) is 5.94. The Morgan fingerprint density at radius 3 is 2.72 bits per heavy atom. The maximum Gasteiger partial charge on any atom is 0.317 e. The maximum absolute atomic E-state index is 13.4. The maximum atomic E-state index is 13.4. The third kappa shape index (κ3) is 7.83. The number of aliphatic hydroxyl groups is 1. The molecule has 0 aromatic heterocycles. The van der Waals surface area contributed by atoms with Crippen LogP contribution in [0.3, 0.4) is 0 Å². The number of rotatable bonds is 12. The van der Waals surface area contributed by atoms with Crippen LogP contribution in [0, 0.1) is 18.8 Å². The quantitative estimate of drug-likeness (QED) is 0.311. The van der Waals surface area contributed by atoms with Gasteiger partial charge in [-0.1, -0.05) is 55.8 Å². The first-order chi connectivity index (χ1) is 17.4. The van der Waals surface area contributed by atoms with E-state index in [2.05, 4.69) is 10.6 Å². The van der Waals surface area contributed by atoms with Gasteiger partial charge in [-0.05, 0) is 75.6 Å². The normalized spacial score (nSPS) is 21.7. The van der Waals surface area contributed by atoms with E-state index in [4.69, 9.17) is 16.3 Å². The molecule has 2 fully saturated rings. The highest BCUT2D eigenvalue weighted by molar-refractivity contribution is 6.31. The van der Waals surface area contributed by atoms with Crippen LogP contribution in [-0.2, 0) is 10.3 Å². The second-order valence-electron chi connectivity index (χ2n) is 11.0. The van der Waals surface area contributed by atoms with Crippen molar-refractivity contribution in [3.05, 3.63) is 34.3 Å². The molecule has 204 valence electrons. The standard InChI is InChI=1S/C29H48ClN3O3/c1-22-26(14-9-15-27(22)30)29(35,16-7-8-18-36-3)24-13-10-17-33(21-24)28(34)32-25(20-31-2)19-23-11-5-4-6-12-23/h9,14-15,23-25,31,35H,4-8,10-13,16-21H2,1-3H3,(H,32,34)/t24?,25?,29-/m1/s1. The number of piperidine rings is 1. The molecule has 1 saturated carbocycles. The summed E-state index contributed by atoms with van der Waals surface area (Å²) in [6.07, 6.45) is 11.7. The number of amides is 2. The summed E-state index contributed by atoms with van der Waals surface area (Å²) < 4.78 is 5.24. The SMILES string of the molecule is CNCC(CC1CCCCC1)NC(=O)N1CCCC([C@](O)(CCCCOC)c2cccc(Cl)c2C)C1. The van der Waals surface area contributed by atoms with Crippen LogP contribution in [0.15, 0.2) is 18.2 Å². The number of likely N-dealkylation sites (N-methyl/N-ethyl adjacent to an activating group) is 1. The molecule has 7 heteroatoms. The molecule has 2 unspecified atom stereocenters. The van der Waals surface area contributed by atoms with Crippen molar-refractivity contribution in [2.24, 2.45) is 11.8 Å². The van der Waals surface area contributed by atoms with E-state index >= 15 is 0 Å². The number of nitrogens with zero attached hydrogens (tertiary/aromatic N) is 1. The predicted octanol–water partition coefficient (Wildman–Crippen LogP) is 5.63. The van der Waals surface area contributed by atoms with E-state index in [-0.39, 0.29) is 18.0 Å². The number of ether oxygens (including phenoxy) is 1. The highest BCUT2D eigenvalue weighted by Gasteiger charge is 2.42. The lowest BCUT2D eigenvalue weighted by molar-refractivity contribution is -0.0568. The van der Waals surface area contributed by atoms with Crippen molar-refractivity contribution in [2.45, 2.75) is 89.2 Å². The summed E-state index contributed by atoms with van der Waals surface area (Å²) in [4.78, 5) is 15.4.